The zero-order chi connectivity index (χ0) is 13.7. The van der Waals surface area contributed by atoms with Crippen LogP contribution in [0.3, 0.4) is 0 Å². The van der Waals surface area contributed by atoms with Gasteiger partial charge in [-0.2, -0.15) is 0 Å². The molecule has 19 heavy (non-hydrogen) atoms. The Balaban J connectivity index is 2.35. The summed E-state index contributed by atoms with van der Waals surface area (Å²) in [6.45, 7) is 6.51. The van der Waals surface area contributed by atoms with Crippen LogP contribution in [-0.2, 0) is 6.42 Å². The summed E-state index contributed by atoms with van der Waals surface area (Å²) in [4.78, 5) is 16.8. The molecule has 0 atom stereocenters. The van der Waals surface area contributed by atoms with Gasteiger partial charge in [-0.25, -0.2) is 14.3 Å². The highest BCUT2D eigenvalue weighted by molar-refractivity contribution is 5.90. The van der Waals surface area contributed by atoms with Crippen molar-refractivity contribution in [2.45, 2.75) is 26.2 Å². The molecule has 1 aromatic heterocycles. The molecule has 4 nitrogen and oxygen atoms in total. The van der Waals surface area contributed by atoms with Crippen molar-refractivity contribution >= 4 is 17.1 Å². The Labute approximate surface area is 113 Å². The minimum atomic E-state index is -0.112. The summed E-state index contributed by atoms with van der Waals surface area (Å²) in [6.07, 6.45) is 4.38. The second kappa shape index (κ2) is 6.18. The lowest BCUT2D eigenvalue weighted by Crippen LogP contribution is -2.30. The Hall–Kier alpha value is -2.10. The number of carbonyl (C=O) groups is 1. The molecule has 0 fully saturated rings. The molecule has 0 bridgehead atoms. The van der Waals surface area contributed by atoms with E-state index in [1.54, 1.807) is 10.6 Å². The van der Waals surface area contributed by atoms with E-state index in [0.29, 0.717) is 13.0 Å². The maximum absolute atomic E-state index is 12.3. The summed E-state index contributed by atoms with van der Waals surface area (Å²) in [5.41, 5.74) is 1.68. The van der Waals surface area contributed by atoms with E-state index in [-0.39, 0.29) is 6.03 Å². The third-order valence-electron chi connectivity index (χ3n) is 2.97. The van der Waals surface area contributed by atoms with Crippen LogP contribution < -0.4 is 5.32 Å². The molecule has 4 heteroatoms. The molecule has 0 saturated heterocycles. The van der Waals surface area contributed by atoms with Crippen LogP contribution in [0.15, 0.2) is 36.9 Å². The summed E-state index contributed by atoms with van der Waals surface area (Å²) in [5, 5.41) is 2.93. The third kappa shape index (κ3) is 2.84. The second-order valence-electron chi connectivity index (χ2n) is 4.43. The van der Waals surface area contributed by atoms with Crippen LogP contribution in [-0.4, -0.2) is 22.1 Å². The quantitative estimate of drug-likeness (QED) is 0.660. The van der Waals surface area contributed by atoms with Gasteiger partial charge in [-0.3, -0.25) is 0 Å². The molecule has 1 N–H and O–H groups in total. The van der Waals surface area contributed by atoms with E-state index in [0.717, 1.165) is 29.7 Å². The maximum Gasteiger partial charge on any atom is 0.327 e. The minimum absolute atomic E-state index is 0.112. The van der Waals surface area contributed by atoms with E-state index in [9.17, 15) is 4.79 Å². The van der Waals surface area contributed by atoms with Gasteiger partial charge in [0.2, 0.25) is 0 Å². The molecule has 1 heterocycles. The fourth-order valence-corrected chi connectivity index (χ4v) is 2.02. The first kappa shape index (κ1) is 13.3. The van der Waals surface area contributed by atoms with Crippen molar-refractivity contribution < 1.29 is 4.79 Å². The molecule has 100 valence electrons. The average Bonchev–Trinajstić information content (AvgIpc) is 2.77. The molecule has 0 unspecified atom stereocenters. The smallest absolute Gasteiger partial charge is 0.327 e. The molecule has 0 saturated carbocycles. The number of fused-ring (bicyclic) bond motifs is 1. The maximum atomic E-state index is 12.3. The normalized spacial score (nSPS) is 10.6. The summed E-state index contributed by atoms with van der Waals surface area (Å²) in [6, 6.07) is 7.55. The first-order valence-corrected chi connectivity index (χ1v) is 6.63. The number of para-hydroxylation sites is 2. The fraction of sp³-hybridized carbons (Fsp3) is 0.333. The number of benzene rings is 1. The van der Waals surface area contributed by atoms with E-state index in [1.165, 1.54) is 0 Å². The second-order valence-corrected chi connectivity index (χ2v) is 4.43. The van der Waals surface area contributed by atoms with Gasteiger partial charge in [0.25, 0.3) is 0 Å². The van der Waals surface area contributed by atoms with Crippen LogP contribution in [0.4, 0.5) is 4.79 Å². The van der Waals surface area contributed by atoms with Crippen molar-refractivity contribution in [3.8, 4) is 0 Å². The van der Waals surface area contributed by atoms with Crippen molar-refractivity contribution in [1.29, 1.82) is 0 Å². The monoisotopic (exact) mass is 257 g/mol. The largest absolute Gasteiger partial charge is 0.337 e. The average molecular weight is 257 g/mol. The van der Waals surface area contributed by atoms with Gasteiger partial charge in [0.15, 0.2) is 0 Å². The zero-order valence-corrected chi connectivity index (χ0v) is 11.2. The van der Waals surface area contributed by atoms with E-state index < -0.39 is 0 Å². The number of nitrogens with one attached hydrogen (secondary N) is 1. The highest BCUT2D eigenvalue weighted by atomic mass is 16.2. The minimum Gasteiger partial charge on any atom is -0.337 e. The lowest BCUT2D eigenvalue weighted by atomic mass is 10.3. The van der Waals surface area contributed by atoms with Gasteiger partial charge in [-0.15, -0.1) is 6.58 Å². The SMILES string of the molecule is C=CCc1nc2ccccc2n1C(=O)NCCCC. The number of amides is 1. The standard InChI is InChI=1S/C15H19N3O/c1-3-5-11-16-15(19)18-13-10-7-6-9-12(13)17-14(18)8-4-2/h4,6-7,9-10H,2-3,5,8,11H2,1H3,(H,16,19). The Morgan fingerprint density at radius 3 is 3.00 bits per heavy atom. The number of allylic oxidation sites excluding steroid dienone is 1. The van der Waals surface area contributed by atoms with Crippen LogP contribution in [0, 0.1) is 0 Å². The molecular weight excluding hydrogens is 238 g/mol. The predicted octanol–water partition coefficient (Wildman–Crippen LogP) is 3.12. The van der Waals surface area contributed by atoms with Crippen molar-refractivity contribution in [1.82, 2.24) is 14.9 Å². The number of aromatic nitrogens is 2. The van der Waals surface area contributed by atoms with Crippen LogP contribution in [0.25, 0.3) is 11.0 Å². The Morgan fingerprint density at radius 1 is 1.47 bits per heavy atom. The van der Waals surface area contributed by atoms with E-state index in [1.807, 2.05) is 24.3 Å². The number of imidazole rings is 1. The summed E-state index contributed by atoms with van der Waals surface area (Å²) >= 11 is 0. The molecule has 0 aliphatic heterocycles. The van der Waals surface area contributed by atoms with Crippen molar-refractivity contribution in [2.75, 3.05) is 6.54 Å². The number of nitrogens with zero attached hydrogens (tertiary/aromatic N) is 2. The van der Waals surface area contributed by atoms with Gasteiger partial charge < -0.3 is 5.32 Å². The highest BCUT2D eigenvalue weighted by Crippen LogP contribution is 2.16. The zero-order valence-electron chi connectivity index (χ0n) is 11.2. The molecule has 0 spiro atoms. The number of carbonyl (C=O) groups excluding carboxylic acids is 1. The van der Waals surface area contributed by atoms with E-state index in [4.69, 9.17) is 0 Å². The van der Waals surface area contributed by atoms with Crippen LogP contribution in [0.1, 0.15) is 25.6 Å². The van der Waals surface area contributed by atoms with Crippen molar-refractivity contribution in [2.24, 2.45) is 0 Å². The van der Waals surface area contributed by atoms with Crippen molar-refractivity contribution in [3.63, 3.8) is 0 Å². The molecule has 2 rings (SSSR count). The Kier molecular flexibility index (Phi) is 4.34. The first-order valence-electron chi connectivity index (χ1n) is 6.63. The molecule has 1 amide bonds. The third-order valence-corrected chi connectivity index (χ3v) is 2.97. The lowest BCUT2D eigenvalue weighted by molar-refractivity contribution is 0.242. The van der Waals surface area contributed by atoms with E-state index >= 15 is 0 Å². The predicted molar refractivity (Wildman–Crippen MR) is 77.3 cm³/mol. The van der Waals surface area contributed by atoms with Gasteiger partial charge in [0.1, 0.15) is 5.82 Å². The molecule has 0 radical (unpaired) electrons. The number of hydrogen-bond acceptors (Lipinski definition) is 2. The van der Waals surface area contributed by atoms with Gasteiger partial charge >= 0.3 is 6.03 Å². The van der Waals surface area contributed by atoms with Gasteiger partial charge in [0, 0.05) is 13.0 Å². The van der Waals surface area contributed by atoms with Gasteiger partial charge in [-0.05, 0) is 18.6 Å². The van der Waals surface area contributed by atoms with Gasteiger partial charge in [0.05, 0.1) is 11.0 Å². The number of hydrogen-bond donors (Lipinski definition) is 1. The molecule has 0 aliphatic carbocycles. The number of unbranched alkanes of at least 4 members (excludes halogenated alkanes) is 1. The molecular formula is C15H19N3O. The van der Waals surface area contributed by atoms with Crippen molar-refractivity contribution in [3.05, 3.63) is 42.7 Å². The molecule has 0 aliphatic rings. The van der Waals surface area contributed by atoms with Gasteiger partial charge in [-0.1, -0.05) is 31.6 Å². The summed E-state index contributed by atoms with van der Waals surface area (Å²) in [7, 11) is 0. The summed E-state index contributed by atoms with van der Waals surface area (Å²) in [5.74, 6) is 0.727. The van der Waals surface area contributed by atoms with Crippen LogP contribution in [0.5, 0.6) is 0 Å². The first-order chi connectivity index (χ1) is 9.27. The number of rotatable bonds is 5. The molecule has 1 aromatic carbocycles. The highest BCUT2D eigenvalue weighted by Gasteiger charge is 2.14. The van der Waals surface area contributed by atoms with E-state index in [2.05, 4.69) is 23.8 Å². The van der Waals surface area contributed by atoms with Crippen LogP contribution >= 0.6 is 0 Å². The lowest BCUT2D eigenvalue weighted by Gasteiger charge is -2.08. The molecule has 2 aromatic rings. The fourth-order valence-electron chi connectivity index (χ4n) is 2.02. The summed E-state index contributed by atoms with van der Waals surface area (Å²) < 4.78 is 1.65. The van der Waals surface area contributed by atoms with Crippen LogP contribution in [0.2, 0.25) is 0 Å². The topological polar surface area (TPSA) is 46.9 Å². The Bertz CT molecular complexity index is 586. The Morgan fingerprint density at radius 2 is 2.26 bits per heavy atom.